The maximum atomic E-state index is 13.5. The van der Waals surface area contributed by atoms with Crippen molar-refractivity contribution in [2.75, 3.05) is 12.4 Å². The molecule has 12 heteroatoms. The fourth-order valence-electron chi connectivity index (χ4n) is 2.14. The number of nitrogens with one attached hydrogen (secondary N) is 1. The molecule has 0 aliphatic carbocycles. The topological polar surface area (TPSA) is 81.4 Å². The molecular formula is C14H8BrClF3N5O2. The summed E-state index contributed by atoms with van der Waals surface area (Å²) >= 11 is 9.28. The van der Waals surface area contributed by atoms with E-state index in [1.807, 2.05) is 0 Å². The zero-order valence-corrected chi connectivity index (χ0v) is 15.1. The van der Waals surface area contributed by atoms with Gasteiger partial charge >= 0.3 is 12.3 Å². The van der Waals surface area contributed by atoms with Gasteiger partial charge in [-0.3, -0.25) is 5.32 Å². The van der Waals surface area contributed by atoms with Gasteiger partial charge in [0.1, 0.15) is 11.3 Å². The Balaban J connectivity index is 2.16. The van der Waals surface area contributed by atoms with E-state index in [4.69, 9.17) is 11.6 Å². The molecule has 26 heavy (non-hydrogen) atoms. The lowest BCUT2D eigenvalue weighted by atomic mass is 10.1. The predicted octanol–water partition coefficient (Wildman–Crippen LogP) is 4.40. The Kier molecular flexibility index (Phi) is 4.76. The Labute approximate surface area is 157 Å². The first kappa shape index (κ1) is 18.4. The SMILES string of the molecule is COC(=O)Nc1cc(C(F)(F)F)c(-c2nc(Cl)c3cc(Br)cn3n2)cn1. The highest BCUT2D eigenvalue weighted by atomic mass is 79.9. The number of halogens is 5. The Morgan fingerprint density at radius 2 is 2.12 bits per heavy atom. The van der Waals surface area contributed by atoms with Crippen LogP contribution < -0.4 is 5.32 Å². The van der Waals surface area contributed by atoms with Crippen LogP contribution >= 0.6 is 27.5 Å². The number of nitrogens with zero attached hydrogens (tertiary/aromatic N) is 4. The lowest BCUT2D eigenvalue weighted by molar-refractivity contribution is -0.137. The number of pyridine rings is 1. The molecule has 3 heterocycles. The highest BCUT2D eigenvalue weighted by Crippen LogP contribution is 2.37. The highest BCUT2D eigenvalue weighted by molar-refractivity contribution is 9.10. The third-order valence-corrected chi connectivity index (χ3v) is 3.96. The zero-order chi connectivity index (χ0) is 19.1. The molecule has 1 amide bonds. The van der Waals surface area contributed by atoms with Crippen molar-refractivity contribution >= 4 is 45.0 Å². The number of hydrogen-bond donors (Lipinski definition) is 1. The van der Waals surface area contributed by atoms with Crippen molar-refractivity contribution in [1.82, 2.24) is 19.6 Å². The first-order valence-electron chi connectivity index (χ1n) is 6.83. The summed E-state index contributed by atoms with van der Waals surface area (Å²) in [5.41, 5.74) is -1.05. The molecule has 0 saturated heterocycles. The summed E-state index contributed by atoms with van der Waals surface area (Å²) in [4.78, 5) is 18.9. The van der Waals surface area contributed by atoms with Gasteiger partial charge in [-0.2, -0.15) is 13.2 Å². The third kappa shape index (κ3) is 3.58. The van der Waals surface area contributed by atoms with Crippen molar-refractivity contribution in [2.24, 2.45) is 0 Å². The molecule has 0 aromatic carbocycles. The van der Waals surface area contributed by atoms with Crippen LogP contribution in [0.1, 0.15) is 5.56 Å². The van der Waals surface area contributed by atoms with Gasteiger partial charge in [-0.15, -0.1) is 5.10 Å². The van der Waals surface area contributed by atoms with Crippen LogP contribution in [0.3, 0.4) is 0 Å². The molecule has 0 aliphatic heterocycles. The van der Waals surface area contributed by atoms with Crippen LogP contribution in [0.5, 0.6) is 0 Å². The molecule has 3 aromatic heterocycles. The molecule has 0 fully saturated rings. The summed E-state index contributed by atoms with van der Waals surface area (Å²) in [5, 5.41) is 6.10. The van der Waals surface area contributed by atoms with E-state index in [1.165, 1.54) is 10.7 Å². The molecule has 7 nitrogen and oxygen atoms in total. The van der Waals surface area contributed by atoms with Crippen LogP contribution in [0.25, 0.3) is 16.9 Å². The zero-order valence-electron chi connectivity index (χ0n) is 12.8. The molecule has 0 atom stereocenters. The number of ether oxygens (including phenoxy) is 1. The van der Waals surface area contributed by atoms with Crippen LogP contribution in [0, 0.1) is 0 Å². The minimum Gasteiger partial charge on any atom is -0.453 e. The molecule has 0 radical (unpaired) electrons. The fourth-order valence-corrected chi connectivity index (χ4v) is 2.77. The van der Waals surface area contributed by atoms with Crippen LogP contribution in [0.2, 0.25) is 5.15 Å². The molecule has 0 saturated carbocycles. The van der Waals surface area contributed by atoms with Gasteiger partial charge in [0.2, 0.25) is 0 Å². The number of aromatic nitrogens is 4. The standard InChI is InChI=1S/C14H8BrClF3N5O2/c1-26-13(25)21-10-3-8(14(17,18)19)7(4-20-10)12-22-11(16)9-2-6(15)5-24(9)23-12/h2-5H,1H3,(H,20,21,25). The van der Waals surface area contributed by atoms with E-state index in [0.29, 0.717) is 16.1 Å². The van der Waals surface area contributed by atoms with Gasteiger partial charge in [0.25, 0.3) is 0 Å². The lowest BCUT2D eigenvalue weighted by Crippen LogP contribution is -2.15. The number of anilines is 1. The average molecular weight is 451 g/mol. The van der Waals surface area contributed by atoms with E-state index in [9.17, 15) is 18.0 Å². The number of amides is 1. The van der Waals surface area contributed by atoms with Gasteiger partial charge in [0, 0.05) is 16.9 Å². The first-order chi connectivity index (χ1) is 12.2. The Morgan fingerprint density at radius 1 is 1.38 bits per heavy atom. The summed E-state index contributed by atoms with van der Waals surface area (Å²) in [6.45, 7) is 0. The van der Waals surface area contributed by atoms with Crippen LogP contribution in [0.15, 0.2) is 29.0 Å². The maximum Gasteiger partial charge on any atom is 0.417 e. The number of alkyl halides is 3. The normalized spacial score (nSPS) is 11.6. The second-order valence-electron chi connectivity index (χ2n) is 4.94. The molecule has 3 aromatic rings. The Morgan fingerprint density at radius 3 is 2.77 bits per heavy atom. The smallest absolute Gasteiger partial charge is 0.417 e. The van der Waals surface area contributed by atoms with Crippen molar-refractivity contribution in [3.63, 3.8) is 0 Å². The molecule has 0 bridgehead atoms. The van der Waals surface area contributed by atoms with E-state index in [2.05, 4.69) is 41.1 Å². The molecule has 0 aliphatic rings. The van der Waals surface area contributed by atoms with Gasteiger partial charge in [0.05, 0.1) is 18.2 Å². The van der Waals surface area contributed by atoms with Crippen molar-refractivity contribution in [2.45, 2.75) is 6.18 Å². The van der Waals surface area contributed by atoms with E-state index in [1.54, 1.807) is 6.07 Å². The summed E-state index contributed by atoms with van der Waals surface area (Å²) < 4.78 is 46.7. The van der Waals surface area contributed by atoms with E-state index in [-0.39, 0.29) is 22.4 Å². The second-order valence-corrected chi connectivity index (χ2v) is 6.22. The molecule has 3 rings (SSSR count). The number of methoxy groups -OCH3 is 1. The van der Waals surface area contributed by atoms with Gasteiger partial charge in [-0.25, -0.2) is 19.3 Å². The van der Waals surface area contributed by atoms with Crippen LogP contribution in [0.4, 0.5) is 23.8 Å². The summed E-state index contributed by atoms with van der Waals surface area (Å²) in [7, 11) is 1.08. The predicted molar refractivity (Wildman–Crippen MR) is 90.0 cm³/mol. The minimum absolute atomic E-state index is 0.0226. The molecule has 0 unspecified atom stereocenters. The van der Waals surface area contributed by atoms with Crippen molar-refractivity contribution < 1.29 is 22.7 Å². The van der Waals surface area contributed by atoms with Crippen molar-refractivity contribution in [3.05, 3.63) is 39.7 Å². The number of fused-ring (bicyclic) bond motifs is 1. The van der Waals surface area contributed by atoms with Gasteiger partial charge < -0.3 is 4.74 Å². The maximum absolute atomic E-state index is 13.5. The summed E-state index contributed by atoms with van der Waals surface area (Å²) in [6, 6.07) is 2.29. The van der Waals surface area contributed by atoms with Crippen molar-refractivity contribution in [3.8, 4) is 11.4 Å². The quantitative estimate of drug-likeness (QED) is 0.626. The molecular weight excluding hydrogens is 443 g/mol. The summed E-state index contributed by atoms with van der Waals surface area (Å²) in [5.74, 6) is -0.598. The van der Waals surface area contributed by atoms with E-state index < -0.39 is 17.8 Å². The molecule has 0 spiro atoms. The Hall–Kier alpha value is -2.40. The highest BCUT2D eigenvalue weighted by Gasteiger charge is 2.35. The molecule has 136 valence electrons. The number of carbonyl (C=O) groups is 1. The average Bonchev–Trinajstić information content (AvgIpc) is 2.94. The van der Waals surface area contributed by atoms with Gasteiger partial charge in [-0.1, -0.05) is 11.6 Å². The summed E-state index contributed by atoms with van der Waals surface area (Å²) in [6.07, 6.45) is -3.26. The van der Waals surface area contributed by atoms with Gasteiger partial charge in [0.15, 0.2) is 11.0 Å². The second kappa shape index (κ2) is 6.72. The Bertz CT molecular complexity index is 1010. The van der Waals surface area contributed by atoms with E-state index >= 15 is 0 Å². The fraction of sp³-hybridized carbons (Fsp3) is 0.143. The van der Waals surface area contributed by atoms with Crippen LogP contribution in [-0.4, -0.2) is 32.8 Å². The lowest BCUT2D eigenvalue weighted by Gasteiger charge is -2.13. The number of rotatable bonds is 2. The van der Waals surface area contributed by atoms with Crippen LogP contribution in [-0.2, 0) is 10.9 Å². The molecule has 1 N–H and O–H groups in total. The first-order valence-corrected chi connectivity index (χ1v) is 8.00. The monoisotopic (exact) mass is 449 g/mol. The largest absolute Gasteiger partial charge is 0.453 e. The minimum atomic E-state index is -4.74. The van der Waals surface area contributed by atoms with E-state index in [0.717, 1.165) is 13.3 Å². The van der Waals surface area contributed by atoms with Crippen molar-refractivity contribution in [1.29, 1.82) is 0 Å². The number of hydrogen-bond acceptors (Lipinski definition) is 5. The number of carbonyl (C=O) groups excluding carboxylic acids is 1. The third-order valence-electron chi connectivity index (χ3n) is 3.25. The van der Waals surface area contributed by atoms with Gasteiger partial charge in [-0.05, 0) is 28.1 Å².